The number of nitrogens with one attached hydrogen (secondary N) is 4. The molecule has 15 heteroatoms. The fourth-order valence-electron chi connectivity index (χ4n) is 6.57. The van der Waals surface area contributed by atoms with Gasteiger partial charge in [-0.1, -0.05) is 54.6 Å². The molecule has 0 unspecified atom stereocenters. The molecular weight excluding hydrogens is 715 g/mol. The maximum absolute atomic E-state index is 15.5. The molecule has 1 fully saturated rings. The molecule has 8 N–H and O–H groups in total. The summed E-state index contributed by atoms with van der Waals surface area (Å²) in [7, 11) is 1.28. The minimum Gasteiger partial charge on any atom is -0.506 e. The van der Waals surface area contributed by atoms with Crippen LogP contribution in [0, 0.1) is 5.82 Å². The second-order valence-electron chi connectivity index (χ2n) is 13.2. The van der Waals surface area contributed by atoms with Gasteiger partial charge in [0.15, 0.2) is 18.2 Å². The Labute approximate surface area is 313 Å². The number of rotatable bonds is 15. The maximum atomic E-state index is 15.5. The predicted molar refractivity (Wildman–Crippen MR) is 197 cm³/mol. The van der Waals surface area contributed by atoms with Gasteiger partial charge in [-0.2, -0.15) is 0 Å². The van der Waals surface area contributed by atoms with Crippen molar-refractivity contribution in [3.8, 4) is 17.2 Å². The number of aromatic amines is 1. The Morgan fingerprint density at radius 3 is 2.40 bits per heavy atom. The largest absolute Gasteiger partial charge is 0.506 e. The maximum Gasteiger partial charge on any atom is 0.345 e. The zero-order valence-corrected chi connectivity index (χ0v) is 29.5. The molecule has 0 aliphatic heterocycles. The van der Waals surface area contributed by atoms with Gasteiger partial charge in [0.2, 0.25) is 11.2 Å². The van der Waals surface area contributed by atoms with Gasteiger partial charge in [0.25, 0.3) is 11.8 Å². The van der Waals surface area contributed by atoms with Gasteiger partial charge in [-0.05, 0) is 54.3 Å². The first-order valence-corrected chi connectivity index (χ1v) is 17.3. The Morgan fingerprint density at radius 1 is 0.945 bits per heavy atom. The molecule has 14 nitrogen and oxygen atoms in total. The third-order valence-electron chi connectivity index (χ3n) is 9.51. The highest BCUT2D eigenvalue weighted by molar-refractivity contribution is 5.95. The number of aromatic hydroxyl groups is 1. The molecule has 1 heterocycles. The number of hydrogen-bond donors (Lipinski definition) is 8. The van der Waals surface area contributed by atoms with Crippen LogP contribution in [0.25, 0.3) is 10.9 Å². The van der Waals surface area contributed by atoms with Crippen LogP contribution < -0.4 is 31.0 Å². The summed E-state index contributed by atoms with van der Waals surface area (Å²) in [5.74, 6) is -3.52. The number of aliphatic hydroxyl groups excluding tert-OH is 1. The van der Waals surface area contributed by atoms with Gasteiger partial charge in [0.05, 0.1) is 24.3 Å². The van der Waals surface area contributed by atoms with Crippen molar-refractivity contribution in [2.24, 2.45) is 0 Å². The molecule has 0 saturated heterocycles. The molecule has 2 atom stereocenters. The molecule has 0 bridgehead atoms. The second-order valence-corrected chi connectivity index (χ2v) is 13.2. The lowest BCUT2D eigenvalue weighted by Gasteiger charge is -2.36. The number of phenolic OH excluding ortho intramolecular Hbond substituents is 1. The van der Waals surface area contributed by atoms with E-state index in [4.69, 9.17) is 9.47 Å². The van der Waals surface area contributed by atoms with E-state index in [-0.39, 0.29) is 71.2 Å². The number of methoxy groups -OCH3 is 1. The predicted octanol–water partition coefficient (Wildman–Crippen LogP) is 2.98. The van der Waals surface area contributed by atoms with E-state index < -0.39 is 40.9 Å². The highest BCUT2D eigenvalue weighted by atomic mass is 19.1. The smallest absolute Gasteiger partial charge is 0.345 e. The number of aliphatic carboxylic acids is 1. The number of carboxylic acids is 1. The average Bonchev–Trinajstić information content (AvgIpc) is 3.16. The number of carbonyl (C=O) groups is 3. The van der Waals surface area contributed by atoms with E-state index in [9.17, 15) is 39.6 Å². The number of carboxylic acid groups (broad SMARTS) is 1. The van der Waals surface area contributed by atoms with Crippen LogP contribution in [-0.2, 0) is 21.7 Å². The molecule has 286 valence electrons. The number of ether oxygens (including phenoxy) is 2. The van der Waals surface area contributed by atoms with Crippen molar-refractivity contribution in [3.63, 3.8) is 0 Å². The zero-order valence-electron chi connectivity index (χ0n) is 29.5. The first-order chi connectivity index (χ1) is 26.4. The van der Waals surface area contributed by atoms with Crippen molar-refractivity contribution >= 4 is 28.7 Å². The highest BCUT2D eigenvalue weighted by Gasteiger charge is 2.40. The number of amides is 2. The van der Waals surface area contributed by atoms with E-state index in [1.165, 1.54) is 67.8 Å². The molecule has 5 aromatic rings. The number of fused-ring (bicyclic) bond motifs is 1. The van der Waals surface area contributed by atoms with E-state index in [2.05, 4.69) is 20.9 Å². The van der Waals surface area contributed by atoms with Crippen LogP contribution in [0.2, 0.25) is 0 Å². The zero-order chi connectivity index (χ0) is 39.3. The third kappa shape index (κ3) is 8.28. The summed E-state index contributed by atoms with van der Waals surface area (Å²) in [6, 6.07) is 21.8. The number of carbonyl (C=O) groups excluding carboxylic acids is 2. The number of aliphatic hydroxyl groups is 2. The van der Waals surface area contributed by atoms with Crippen molar-refractivity contribution in [1.29, 1.82) is 0 Å². The summed E-state index contributed by atoms with van der Waals surface area (Å²) < 4.78 is 26.4. The quantitative estimate of drug-likeness (QED) is 0.0777. The topological polar surface area (TPSA) is 220 Å². The second kappa shape index (κ2) is 16.4. The molecule has 0 spiro atoms. The van der Waals surface area contributed by atoms with E-state index in [1.54, 1.807) is 30.3 Å². The summed E-state index contributed by atoms with van der Waals surface area (Å²) in [6.07, 6.45) is -0.250. The number of pyridine rings is 1. The van der Waals surface area contributed by atoms with Crippen LogP contribution in [0.4, 0.5) is 4.39 Å². The SMILES string of the molecule is COc1c(CNC[C@H](O)c2ccc(O)c3[nH]c(=O)ccc23)ccc(C(=O)N[C@H]2C[C@H](NC(=O)COc3cccc([C@](O)(C(=O)O)c4ccccc4)c3)C2)c1F. The van der Waals surface area contributed by atoms with Gasteiger partial charge in [-0.25, -0.2) is 9.18 Å². The van der Waals surface area contributed by atoms with E-state index in [0.717, 1.165) is 0 Å². The Bertz CT molecular complexity index is 2280. The fraction of sp³-hybridized carbons (Fsp3) is 0.250. The normalized spacial score (nSPS) is 16.7. The monoisotopic (exact) mass is 754 g/mol. The van der Waals surface area contributed by atoms with Crippen molar-refractivity contribution in [2.45, 2.75) is 43.2 Å². The van der Waals surface area contributed by atoms with E-state index in [0.29, 0.717) is 29.4 Å². The van der Waals surface area contributed by atoms with Gasteiger partial charge >= 0.3 is 5.97 Å². The van der Waals surface area contributed by atoms with Crippen LogP contribution in [0.5, 0.6) is 17.2 Å². The molecule has 1 aliphatic rings. The van der Waals surface area contributed by atoms with Crippen molar-refractivity contribution < 1.29 is 48.7 Å². The molecule has 1 aromatic heterocycles. The van der Waals surface area contributed by atoms with Crippen LogP contribution in [0.3, 0.4) is 0 Å². The van der Waals surface area contributed by atoms with Crippen molar-refractivity contribution in [1.82, 2.24) is 20.9 Å². The third-order valence-corrected chi connectivity index (χ3v) is 9.51. The lowest BCUT2D eigenvalue weighted by Crippen LogP contribution is -2.54. The summed E-state index contributed by atoms with van der Waals surface area (Å²) in [5.41, 5.74) is -1.67. The van der Waals surface area contributed by atoms with Crippen molar-refractivity contribution in [2.75, 3.05) is 20.3 Å². The molecule has 0 radical (unpaired) electrons. The van der Waals surface area contributed by atoms with Crippen LogP contribution in [-0.4, -0.2) is 75.5 Å². The number of phenols is 1. The summed E-state index contributed by atoms with van der Waals surface area (Å²) in [4.78, 5) is 52.0. The minimum absolute atomic E-state index is 0.0383. The van der Waals surface area contributed by atoms with Gasteiger partial charge < -0.3 is 50.8 Å². The van der Waals surface area contributed by atoms with Crippen LogP contribution >= 0.6 is 0 Å². The summed E-state index contributed by atoms with van der Waals surface area (Å²) in [5, 5.41) is 51.0. The van der Waals surface area contributed by atoms with Gasteiger partial charge in [0.1, 0.15) is 11.5 Å². The summed E-state index contributed by atoms with van der Waals surface area (Å²) >= 11 is 0. The standard InChI is InChI=1S/C40H39FN4O10/c1-54-37-22(19-42-20-32(47)28-12-14-31(46)36-29(28)13-15-33(48)45-36)10-11-30(35(37)41)38(50)44-26-17-25(18-26)43-34(49)21-55-27-9-5-8-24(16-27)40(53,39(51)52)23-6-3-2-4-7-23/h2-16,25-26,32,42,46-47,53H,17-21H2,1H3,(H,43,49)(H,44,50)(H,45,48)(H,51,52)/t25-,26-,32-,40-/m0/s1. The fourth-order valence-corrected chi connectivity index (χ4v) is 6.57. The number of benzene rings is 4. The van der Waals surface area contributed by atoms with Gasteiger partial charge in [-0.15, -0.1) is 0 Å². The van der Waals surface area contributed by atoms with E-state index >= 15 is 4.39 Å². The van der Waals surface area contributed by atoms with Crippen LogP contribution in [0.15, 0.2) is 95.8 Å². The molecule has 6 rings (SSSR count). The molecule has 1 aliphatic carbocycles. The first kappa shape index (κ1) is 38.4. The number of hydrogen-bond acceptors (Lipinski definition) is 10. The highest BCUT2D eigenvalue weighted by Crippen LogP contribution is 2.33. The average molecular weight is 755 g/mol. The van der Waals surface area contributed by atoms with Gasteiger partial charge in [0, 0.05) is 47.8 Å². The molecule has 55 heavy (non-hydrogen) atoms. The Balaban J connectivity index is 0.975. The lowest BCUT2D eigenvalue weighted by molar-refractivity contribution is -0.155. The molecule has 4 aromatic carbocycles. The Hall–Kier alpha value is -6.29. The van der Waals surface area contributed by atoms with Gasteiger partial charge in [-0.3, -0.25) is 14.4 Å². The first-order valence-electron chi connectivity index (χ1n) is 17.3. The van der Waals surface area contributed by atoms with E-state index in [1.807, 2.05) is 0 Å². The lowest BCUT2D eigenvalue weighted by atomic mass is 9.86. The molecule has 2 amide bonds. The minimum atomic E-state index is -2.33. The molecular formula is C40H39FN4O10. The van der Waals surface area contributed by atoms with Crippen LogP contribution in [0.1, 0.15) is 51.6 Å². The summed E-state index contributed by atoms with van der Waals surface area (Å²) in [6.45, 7) is -0.255. The number of H-pyrrole nitrogens is 1. The number of halogens is 1. The molecule has 1 saturated carbocycles. The number of aromatic nitrogens is 1. The van der Waals surface area contributed by atoms with Crippen molar-refractivity contribution in [3.05, 3.63) is 135 Å². The Kier molecular flexibility index (Phi) is 11.4. The Morgan fingerprint density at radius 2 is 1.67 bits per heavy atom.